The summed E-state index contributed by atoms with van der Waals surface area (Å²) in [6.45, 7) is 2.88. The van der Waals surface area contributed by atoms with Gasteiger partial charge in [0.05, 0.1) is 25.1 Å². The number of hydrogen-bond acceptors (Lipinski definition) is 5. The van der Waals surface area contributed by atoms with E-state index in [1.807, 2.05) is 24.3 Å². The zero-order valence-electron chi connectivity index (χ0n) is 13.4. The maximum Gasteiger partial charge on any atom is 0.309 e. The van der Waals surface area contributed by atoms with Crippen LogP contribution in [0.25, 0.3) is 0 Å². The van der Waals surface area contributed by atoms with Crippen LogP contribution >= 0.6 is 11.3 Å². The molecule has 0 atom stereocenters. The summed E-state index contributed by atoms with van der Waals surface area (Å²) in [5, 5.41) is 13.7. The van der Waals surface area contributed by atoms with Crippen LogP contribution in [0.5, 0.6) is 5.75 Å². The van der Waals surface area contributed by atoms with Crippen molar-refractivity contribution in [1.29, 1.82) is 0 Å². The van der Waals surface area contributed by atoms with Crippen molar-refractivity contribution < 1.29 is 19.4 Å². The van der Waals surface area contributed by atoms with Gasteiger partial charge in [0.2, 0.25) is 5.91 Å². The summed E-state index contributed by atoms with van der Waals surface area (Å²) in [4.78, 5) is 26.6. The monoisotopic (exact) mass is 348 g/mol. The molecule has 0 unspecified atom stereocenters. The Hall–Kier alpha value is -2.41. The average molecular weight is 348 g/mol. The molecule has 1 heterocycles. The van der Waals surface area contributed by atoms with Crippen molar-refractivity contribution in [2.24, 2.45) is 0 Å². The Morgan fingerprint density at radius 3 is 2.92 bits per heavy atom. The number of carbonyl (C=O) groups is 2. The molecule has 0 bridgehead atoms. The molecular weight excluding hydrogens is 328 g/mol. The first-order chi connectivity index (χ1) is 11.6. The maximum absolute atomic E-state index is 11.8. The number of carboxylic acids is 1. The van der Waals surface area contributed by atoms with Crippen LogP contribution < -0.4 is 10.1 Å². The zero-order chi connectivity index (χ0) is 17.4. The molecule has 0 saturated heterocycles. The zero-order valence-corrected chi connectivity index (χ0v) is 14.3. The van der Waals surface area contributed by atoms with Gasteiger partial charge in [-0.3, -0.25) is 9.59 Å². The number of carboxylic acid groups (broad SMARTS) is 1. The second-order valence-corrected chi connectivity index (χ2v) is 6.12. The van der Waals surface area contributed by atoms with Crippen LogP contribution in [-0.4, -0.2) is 35.1 Å². The number of aromatic nitrogens is 1. The van der Waals surface area contributed by atoms with E-state index in [4.69, 9.17) is 9.84 Å². The van der Waals surface area contributed by atoms with Crippen molar-refractivity contribution in [3.05, 3.63) is 45.9 Å². The van der Waals surface area contributed by atoms with E-state index in [1.165, 1.54) is 16.9 Å². The van der Waals surface area contributed by atoms with E-state index in [2.05, 4.69) is 17.2 Å². The Morgan fingerprint density at radius 2 is 2.17 bits per heavy atom. The number of aryl methyl sites for hydroxylation is 1. The third kappa shape index (κ3) is 6.00. The minimum atomic E-state index is -0.930. The van der Waals surface area contributed by atoms with E-state index in [-0.39, 0.29) is 18.7 Å². The van der Waals surface area contributed by atoms with E-state index in [0.717, 1.165) is 12.2 Å². The Balaban J connectivity index is 1.69. The fraction of sp³-hybridized carbons (Fsp3) is 0.353. The van der Waals surface area contributed by atoms with Crippen molar-refractivity contribution in [1.82, 2.24) is 10.3 Å². The molecular formula is C17H20N2O4S. The molecule has 0 aliphatic rings. The number of thiazole rings is 1. The molecule has 0 fully saturated rings. The molecule has 2 rings (SSSR count). The largest absolute Gasteiger partial charge is 0.492 e. The normalized spacial score (nSPS) is 10.4. The third-order valence-electron chi connectivity index (χ3n) is 3.24. The summed E-state index contributed by atoms with van der Waals surface area (Å²) >= 11 is 1.29. The Labute approximate surface area is 144 Å². The van der Waals surface area contributed by atoms with Crippen LogP contribution in [0.3, 0.4) is 0 Å². The summed E-state index contributed by atoms with van der Waals surface area (Å²) in [6, 6.07) is 7.87. The second kappa shape index (κ2) is 9.02. The van der Waals surface area contributed by atoms with E-state index in [0.29, 0.717) is 23.9 Å². The summed E-state index contributed by atoms with van der Waals surface area (Å²) < 4.78 is 5.60. The van der Waals surface area contributed by atoms with Crippen molar-refractivity contribution >= 4 is 23.2 Å². The lowest BCUT2D eigenvalue weighted by Gasteiger charge is -2.08. The van der Waals surface area contributed by atoms with Gasteiger partial charge in [-0.05, 0) is 24.1 Å². The number of aliphatic carboxylic acids is 1. The highest BCUT2D eigenvalue weighted by molar-refractivity contribution is 7.09. The standard InChI is InChI=1S/C17H20N2O4S/c1-2-12-4-3-5-14(8-12)23-7-6-18-15(20)10-16-19-13(11-24-16)9-17(21)22/h3-5,8,11H,2,6-7,9-10H2,1H3,(H,18,20)(H,21,22). The molecule has 0 aliphatic heterocycles. The highest BCUT2D eigenvalue weighted by Crippen LogP contribution is 2.13. The van der Waals surface area contributed by atoms with Gasteiger partial charge in [0.15, 0.2) is 0 Å². The number of ether oxygens (including phenoxy) is 1. The van der Waals surface area contributed by atoms with Gasteiger partial charge in [-0.2, -0.15) is 0 Å². The van der Waals surface area contributed by atoms with Crippen LogP contribution in [-0.2, 0) is 28.9 Å². The predicted molar refractivity (Wildman–Crippen MR) is 91.5 cm³/mol. The van der Waals surface area contributed by atoms with Crippen LogP contribution in [0.2, 0.25) is 0 Å². The summed E-state index contributed by atoms with van der Waals surface area (Å²) in [6.07, 6.45) is 0.976. The Kier molecular flexibility index (Phi) is 6.74. The fourth-order valence-electron chi connectivity index (χ4n) is 2.08. The molecule has 2 aromatic rings. The first-order valence-corrected chi connectivity index (χ1v) is 8.58. The third-order valence-corrected chi connectivity index (χ3v) is 4.14. The van der Waals surface area contributed by atoms with E-state index in [9.17, 15) is 9.59 Å². The number of rotatable bonds is 9. The number of nitrogens with zero attached hydrogens (tertiary/aromatic N) is 1. The van der Waals surface area contributed by atoms with Crippen molar-refractivity contribution in [2.45, 2.75) is 26.2 Å². The first-order valence-electron chi connectivity index (χ1n) is 7.70. The van der Waals surface area contributed by atoms with Crippen LogP contribution in [0.1, 0.15) is 23.2 Å². The van der Waals surface area contributed by atoms with Gasteiger partial charge in [0, 0.05) is 5.38 Å². The number of hydrogen-bond donors (Lipinski definition) is 2. The van der Waals surface area contributed by atoms with E-state index < -0.39 is 5.97 Å². The van der Waals surface area contributed by atoms with Gasteiger partial charge < -0.3 is 15.2 Å². The number of carbonyl (C=O) groups excluding carboxylic acids is 1. The van der Waals surface area contributed by atoms with Crippen LogP contribution in [0.15, 0.2) is 29.6 Å². The summed E-state index contributed by atoms with van der Waals surface area (Å²) in [7, 11) is 0. The SMILES string of the molecule is CCc1cccc(OCCNC(=O)Cc2nc(CC(=O)O)cs2)c1. The van der Waals surface area contributed by atoms with Crippen LogP contribution in [0, 0.1) is 0 Å². The first kappa shape index (κ1) is 17.9. The summed E-state index contributed by atoms with van der Waals surface area (Å²) in [5.74, 6) is -0.292. The van der Waals surface area contributed by atoms with E-state index >= 15 is 0 Å². The molecule has 0 spiro atoms. The molecule has 24 heavy (non-hydrogen) atoms. The molecule has 0 saturated carbocycles. The van der Waals surface area contributed by atoms with Crippen LogP contribution in [0.4, 0.5) is 0 Å². The molecule has 1 amide bonds. The topological polar surface area (TPSA) is 88.5 Å². The number of benzene rings is 1. The lowest BCUT2D eigenvalue weighted by atomic mass is 10.2. The van der Waals surface area contributed by atoms with Gasteiger partial charge in [-0.15, -0.1) is 11.3 Å². The van der Waals surface area contributed by atoms with Crippen molar-refractivity contribution in [2.75, 3.05) is 13.2 Å². The van der Waals surface area contributed by atoms with Gasteiger partial charge in [0.25, 0.3) is 0 Å². The molecule has 128 valence electrons. The maximum atomic E-state index is 11.8. The number of nitrogens with one attached hydrogen (secondary N) is 1. The summed E-state index contributed by atoms with van der Waals surface area (Å²) in [5.41, 5.74) is 1.69. The average Bonchev–Trinajstić information content (AvgIpc) is 2.98. The molecule has 7 heteroatoms. The van der Waals surface area contributed by atoms with Gasteiger partial charge in [0.1, 0.15) is 17.4 Å². The minimum absolute atomic E-state index is 0.122. The quantitative estimate of drug-likeness (QED) is 0.677. The fourth-order valence-corrected chi connectivity index (χ4v) is 2.87. The van der Waals surface area contributed by atoms with Crippen molar-refractivity contribution in [3.63, 3.8) is 0 Å². The van der Waals surface area contributed by atoms with E-state index in [1.54, 1.807) is 5.38 Å². The smallest absolute Gasteiger partial charge is 0.309 e. The molecule has 1 aromatic heterocycles. The minimum Gasteiger partial charge on any atom is -0.492 e. The predicted octanol–water partition coefficient (Wildman–Crippen LogP) is 2.07. The molecule has 2 N–H and O–H groups in total. The van der Waals surface area contributed by atoms with Gasteiger partial charge >= 0.3 is 5.97 Å². The lowest BCUT2D eigenvalue weighted by Crippen LogP contribution is -2.29. The Bertz CT molecular complexity index is 699. The molecule has 0 aliphatic carbocycles. The second-order valence-electron chi connectivity index (χ2n) is 5.18. The molecule has 1 aromatic carbocycles. The highest BCUT2D eigenvalue weighted by atomic mass is 32.1. The molecule has 6 nitrogen and oxygen atoms in total. The Morgan fingerprint density at radius 1 is 1.33 bits per heavy atom. The lowest BCUT2D eigenvalue weighted by molar-refractivity contribution is -0.136. The number of amides is 1. The highest BCUT2D eigenvalue weighted by Gasteiger charge is 2.09. The van der Waals surface area contributed by atoms with Crippen molar-refractivity contribution in [3.8, 4) is 5.75 Å². The molecule has 0 radical (unpaired) electrons. The van der Waals surface area contributed by atoms with Gasteiger partial charge in [-0.1, -0.05) is 19.1 Å². The van der Waals surface area contributed by atoms with Gasteiger partial charge in [-0.25, -0.2) is 4.98 Å².